The molecule has 4 rings (SSSR count). The van der Waals surface area contributed by atoms with Crippen LogP contribution in [0.3, 0.4) is 0 Å². The first-order chi connectivity index (χ1) is 17.0. The smallest absolute Gasteiger partial charge is 0.341 e. The molecule has 0 fully saturated rings. The summed E-state index contributed by atoms with van der Waals surface area (Å²) in [5.74, 6) is -0.393. The SMILES string of the molecule is COC(=O)c1c(NC(=O)c2sc3nc(CN(C)C)[nH]c(=O)c3c2C)sc(C)c1-c1ccc(C)c(C)c1. The molecule has 36 heavy (non-hydrogen) atoms. The Morgan fingerprint density at radius 1 is 1.11 bits per heavy atom. The van der Waals surface area contributed by atoms with Gasteiger partial charge in [0.25, 0.3) is 11.5 Å². The highest BCUT2D eigenvalue weighted by molar-refractivity contribution is 7.21. The minimum atomic E-state index is -0.526. The van der Waals surface area contributed by atoms with Gasteiger partial charge in [-0.1, -0.05) is 18.2 Å². The number of carbonyl (C=O) groups is 2. The number of thiophene rings is 2. The molecule has 0 aliphatic heterocycles. The van der Waals surface area contributed by atoms with Crippen LogP contribution in [0, 0.1) is 27.7 Å². The van der Waals surface area contributed by atoms with Crippen molar-refractivity contribution in [3.63, 3.8) is 0 Å². The lowest BCUT2D eigenvalue weighted by Gasteiger charge is -2.09. The van der Waals surface area contributed by atoms with Crippen molar-refractivity contribution in [3.8, 4) is 11.1 Å². The Labute approximate surface area is 217 Å². The van der Waals surface area contributed by atoms with Crippen molar-refractivity contribution >= 4 is 49.8 Å². The molecule has 0 aliphatic carbocycles. The number of carbonyl (C=O) groups excluding carboxylic acids is 2. The molecule has 2 N–H and O–H groups in total. The second-order valence-electron chi connectivity index (χ2n) is 8.97. The van der Waals surface area contributed by atoms with Gasteiger partial charge in [-0.25, -0.2) is 9.78 Å². The van der Waals surface area contributed by atoms with Crippen molar-refractivity contribution in [2.75, 3.05) is 26.5 Å². The molecule has 3 aromatic heterocycles. The van der Waals surface area contributed by atoms with Gasteiger partial charge in [0.05, 0.1) is 23.9 Å². The number of hydrogen-bond donors (Lipinski definition) is 2. The minimum Gasteiger partial charge on any atom is -0.465 e. The van der Waals surface area contributed by atoms with E-state index in [1.54, 1.807) is 6.92 Å². The number of nitrogens with one attached hydrogen (secondary N) is 2. The molecule has 1 amide bonds. The van der Waals surface area contributed by atoms with Crippen LogP contribution in [0.25, 0.3) is 21.3 Å². The number of methoxy groups -OCH3 is 1. The van der Waals surface area contributed by atoms with Crippen molar-refractivity contribution in [1.29, 1.82) is 0 Å². The maximum atomic E-state index is 13.4. The Morgan fingerprint density at radius 2 is 1.83 bits per heavy atom. The van der Waals surface area contributed by atoms with Gasteiger partial charge in [-0.05, 0) is 64.0 Å². The number of anilines is 1. The summed E-state index contributed by atoms with van der Waals surface area (Å²) in [7, 11) is 5.10. The van der Waals surface area contributed by atoms with Crippen LogP contribution in [0.5, 0.6) is 0 Å². The van der Waals surface area contributed by atoms with Gasteiger partial charge in [0.2, 0.25) is 0 Å². The first-order valence-corrected chi connectivity index (χ1v) is 12.9. The topological polar surface area (TPSA) is 104 Å². The average molecular weight is 525 g/mol. The van der Waals surface area contributed by atoms with E-state index in [2.05, 4.69) is 15.3 Å². The highest BCUT2D eigenvalue weighted by atomic mass is 32.1. The van der Waals surface area contributed by atoms with Crippen LogP contribution in [0.1, 0.15) is 47.4 Å². The van der Waals surface area contributed by atoms with Crippen LogP contribution in [-0.4, -0.2) is 47.9 Å². The summed E-state index contributed by atoms with van der Waals surface area (Å²) in [4.78, 5) is 50.0. The van der Waals surface area contributed by atoms with E-state index in [1.165, 1.54) is 18.4 Å². The van der Waals surface area contributed by atoms with Gasteiger partial charge in [0.15, 0.2) is 0 Å². The van der Waals surface area contributed by atoms with Gasteiger partial charge < -0.3 is 19.9 Å². The molecule has 0 saturated carbocycles. The number of fused-ring (bicyclic) bond motifs is 1. The summed E-state index contributed by atoms with van der Waals surface area (Å²) >= 11 is 2.48. The van der Waals surface area contributed by atoms with Gasteiger partial charge in [-0.2, -0.15) is 0 Å². The standard InChI is InChI=1S/C26H28N4O4S2/c1-12-8-9-16(10-13(12)2)19-15(4)35-25(20(19)26(33)34-7)29-23(32)21-14(3)18-22(31)27-17(11-30(5)6)28-24(18)36-21/h8-10H,11H2,1-7H3,(H,29,32)(H,27,28,31). The maximum absolute atomic E-state index is 13.4. The van der Waals surface area contributed by atoms with Crippen LogP contribution in [0.2, 0.25) is 0 Å². The Balaban J connectivity index is 1.77. The summed E-state index contributed by atoms with van der Waals surface area (Å²) in [6.45, 7) is 8.17. The van der Waals surface area contributed by atoms with E-state index < -0.39 is 11.9 Å². The zero-order valence-electron chi connectivity index (χ0n) is 21.3. The number of ether oxygens (including phenoxy) is 1. The van der Waals surface area contributed by atoms with Crippen LogP contribution in [0.15, 0.2) is 23.0 Å². The molecular weight excluding hydrogens is 496 g/mol. The summed E-state index contributed by atoms with van der Waals surface area (Å²) in [6, 6.07) is 6.01. The molecule has 188 valence electrons. The fraction of sp³-hybridized carbons (Fsp3) is 0.308. The largest absolute Gasteiger partial charge is 0.465 e. The zero-order chi connectivity index (χ0) is 26.3. The van der Waals surface area contributed by atoms with Gasteiger partial charge in [0, 0.05) is 10.4 Å². The van der Waals surface area contributed by atoms with Gasteiger partial charge in [-0.15, -0.1) is 22.7 Å². The number of rotatable bonds is 6. The fourth-order valence-electron chi connectivity index (χ4n) is 4.11. The molecule has 0 atom stereocenters. The van der Waals surface area contributed by atoms with Crippen LogP contribution in [-0.2, 0) is 11.3 Å². The van der Waals surface area contributed by atoms with Gasteiger partial charge in [0.1, 0.15) is 21.2 Å². The maximum Gasteiger partial charge on any atom is 0.341 e. The monoisotopic (exact) mass is 524 g/mol. The molecule has 0 bridgehead atoms. The third-order valence-electron chi connectivity index (χ3n) is 6.02. The second kappa shape index (κ2) is 9.96. The predicted molar refractivity (Wildman–Crippen MR) is 146 cm³/mol. The number of hydrogen-bond acceptors (Lipinski definition) is 8. The third kappa shape index (κ3) is 4.71. The number of nitrogens with zero attached hydrogens (tertiary/aromatic N) is 2. The summed E-state index contributed by atoms with van der Waals surface area (Å²) in [6.07, 6.45) is 0. The number of benzene rings is 1. The number of amides is 1. The van der Waals surface area contributed by atoms with Crippen molar-refractivity contribution in [2.24, 2.45) is 0 Å². The highest BCUT2D eigenvalue weighted by Gasteiger charge is 2.27. The first-order valence-electron chi connectivity index (χ1n) is 11.3. The summed E-state index contributed by atoms with van der Waals surface area (Å²) in [5, 5.41) is 3.72. The molecule has 4 aromatic rings. The minimum absolute atomic E-state index is 0.274. The van der Waals surface area contributed by atoms with Crippen molar-refractivity contribution in [3.05, 3.63) is 66.4 Å². The number of H-pyrrole nitrogens is 1. The third-order valence-corrected chi connectivity index (χ3v) is 8.22. The predicted octanol–water partition coefficient (Wildman–Crippen LogP) is 5.05. The van der Waals surface area contributed by atoms with E-state index in [1.807, 2.05) is 58.0 Å². The Bertz CT molecular complexity index is 1560. The molecule has 0 saturated heterocycles. The molecule has 8 nitrogen and oxygen atoms in total. The Kier molecular flexibility index (Phi) is 7.12. The van der Waals surface area contributed by atoms with E-state index in [-0.39, 0.29) is 5.56 Å². The molecule has 3 heterocycles. The number of aromatic nitrogens is 2. The molecule has 0 unspecified atom stereocenters. The van der Waals surface area contributed by atoms with Crippen molar-refractivity contribution < 1.29 is 14.3 Å². The molecule has 0 radical (unpaired) electrons. The normalized spacial score (nSPS) is 11.3. The number of esters is 1. The lowest BCUT2D eigenvalue weighted by Crippen LogP contribution is -2.18. The van der Waals surface area contributed by atoms with E-state index in [4.69, 9.17) is 4.74 Å². The average Bonchev–Trinajstić information content (AvgIpc) is 3.31. The quantitative estimate of drug-likeness (QED) is 0.342. The summed E-state index contributed by atoms with van der Waals surface area (Å²) in [5.41, 5.74) is 4.48. The Morgan fingerprint density at radius 3 is 2.47 bits per heavy atom. The van der Waals surface area contributed by atoms with E-state index in [9.17, 15) is 14.4 Å². The van der Waals surface area contributed by atoms with Crippen LogP contribution >= 0.6 is 22.7 Å². The zero-order valence-corrected chi connectivity index (χ0v) is 22.9. The fourth-order valence-corrected chi connectivity index (χ4v) is 6.27. The lowest BCUT2D eigenvalue weighted by atomic mass is 9.97. The molecule has 10 heteroatoms. The molecule has 1 aromatic carbocycles. The van der Waals surface area contributed by atoms with E-state index in [0.29, 0.717) is 43.6 Å². The summed E-state index contributed by atoms with van der Waals surface area (Å²) < 4.78 is 5.09. The lowest BCUT2D eigenvalue weighted by molar-refractivity contribution is 0.0603. The first kappa shape index (κ1) is 25.7. The van der Waals surface area contributed by atoms with Crippen LogP contribution in [0.4, 0.5) is 5.00 Å². The van der Waals surface area contributed by atoms with Gasteiger partial charge >= 0.3 is 5.97 Å². The molecular formula is C26H28N4O4S2. The van der Waals surface area contributed by atoms with E-state index >= 15 is 0 Å². The second-order valence-corrected chi connectivity index (χ2v) is 11.2. The number of aryl methyl sites for hydroxylation is 4. The number of aromatic amines is 1. The molecule has 0 aliphatic rings. The van der Waals surface area contributed by atoms with Crippen molar-refractivity contribution in [2.45, 2.75) is 34.2 Å². The van der Waals surface area contributed by atoms with Crippen molar-refractivity contribution in [1.82, 2.24) is 14.9 Å². The molecule has 0 spiro atoms. The highest BCUT2D eigenvalue weighted by Crippen LogP contribution is 2.41. The Hall–Kier alpha value is -3.34. The van der Waals surface area contributed by atoms with Gasteiger partial charge in [-0.3, -0.25) is 9.59 Å². The van der Waals surface area contributed by atoms with E-state index in [0.717, 1.165) is 38.5 Å². The van der Waals surface area contributed by atoms with Crippen LogP contribution < -0.4 is 10.9 Å².